The van der Waals surface area contributed by atoms with E-state index < -0.39 is 0 Å². The standard InChI is InChI=1S/C35H35Cl2N3O3/c1-24-4-6-28(7-5-24)23-42-31-12-13-33(38-21-31)43-35-26(3)18-29(20-32(35)37)25(2)19-34(41)40-16-14-39(15-17-40)22-27-8-10-30(36)11-9-27/h4-13,18-21H,14-17,22-23H2,1-3H3/b25-19+. The van der Waals surface area contributed by atoms with Crippen molar-refractivity contribution in [1.82, 2.24) is 14.8 Å². The van der Waals surface area contributed by atoms with Gasteiger partial charge in [0.2, 0.25) is 11.8 Å². The summed E-state index contributed by atoms with van der Waals surface area (Å²) in [5.74, 6) is 1.60. The van der Waals surface area contributed by atoms with Crippen molar-refractivity contribution in [2.75, 3.05) is 26.2 Å². The average Bonchev–Trinajstić information content (AvgIpc) is 3.00. The topological polar surface area (TPSA) is 54.9 Å². The molecule has 0 saturated carbocycles. The molecule has 0 bridgehead atoms. The van der Waals surface area contributed by atoms with Gasteiger partial charge in [-0.05, 0) is 78.9 Å². The van der Waals surface area contributed by atoms with Crippen LogP contribution in [0.1, 0.15) is 34.7 Å². The number of rotatable bonds is 9. The Morgan fingerprint density at radius 2 is 1.60 bits per heavy atom. The fourth-order valence-electron chi connectivity index (χ4n) is 4.89. The van der Waals surface area contributed by atoms with E-state index in [0.717, 1.165) is 46.9 Å². The van der Waals surface area contributed by atoms with E-state index in [0.29, 0.717) is 42.1 Å². The van der Waals surface area contributed by atoms with Gasteiger partial charge in [0.25, 0.3) is 0 Å². The predicted octanol–water partition coefficient (Wildman–Crippen LogP) is 8.12. The number of amides is 1. The Bertz CT molecular complexity index is 1560. The summed E-state index contributed by atoms with van der Waals surface area (Å²) in [5, 5.41) is 1.19. The molecule has 222 valence electrons. The molecule has 1 aliphatic heterocycles. The van der Waals surface area contributed by atoms with Crippen molar-refractivity contribution < 1.29 is 14.3 Å². The minimum atomic E-state index is 0.00614. The summed E-state index contributed by atoms with van der Waals surface area (Å²) in [6.07, 6.45) is 3.33. The first-order valence-electron chi connectivity index (χ1n) is 14.3. The van der Waals surface area contributed by atoms with Crippen molar-refractivity contribution in [2.45, 2.75) is 33.9 Å². The number of benzene rings is 3. The Morgan fingerprint density at radius 1 is 0.907 bits per heavy atom. The predicted molar refractivity (Wildman–Crippen MR) is 173 cm³/mol. The molecule has 5 rings (SSSR count). The number of nitrogens with zero attached hydrogens (tertiary/aromatic N) is 3. The second-order valence-corrected chi connectivity index (χ2v) is 11.7. The zero-order chi connectivity index (χ0) is 30.3. The highest BCUT2D eigenvalue weighted by molar-refractivity contribution is 6.32. The van der Waals surface area contributed by atoms with Gasteiger partial charge in [-0.1, -0.05) is 65.2 Å². The van der Waals surface area contributed by atoms with Gasteiger partial charge in [0.15, 0.2) is 5.75 Å². The minimum Gasteiger partial charge on any atom is -0.487 e. The van der Waals surface area contributed by atoms with Crippen molar-refractivity contribution in [3.05, 3.63) is 123 Å². The van der Waals surface area contributed by atoms with Crippen molar-refractivity contribution in [1.29, 1.82) is 0 Å². The van der Waals surface area contributed by atoms with Crippen LogP contribution in [0, 0.1) is 13.8 Å². The number of hydrogen-bond acceptors (Lipinski definition) is 5. The molecule has 2 heterocycles. The zero-order valence-electron chi connectivity index (χ0n) is 24.6. The van der Waals surface area contributed by atoms with Gasteiger partial charge >= 0.3 is 0 Å². The molecule has 0 aliphatic carbocycles. The van der Waals surface area contributed by atoms with E-state index in [1.165, 1.54) is 11.1 Å². The van der Waals surface area contributed by atoms with Crippen molar-refractivity contribution in [3.63, 3.8) is 0 Å². The summed E-state index contributed by atoms with van der Waals surface area (Å²) in [5.41, 5.74) is 6.09. The number of halogens is 2. The summed E-state index contributed by atoms with van der Waals surface area (Å²) < 4.78 is 11.9. The molecule has 0 unspecified atom stereocenters. The summed E-state index contributed by atoms with van der Waals surface area (Å²) >= 11 is 12.7. The molecule has 8 heteroatoms. The normalized spacial score (nSPS) is 14.1. The quantitative estimate of drug-likeness (QED) is 0.178. The van der Waals surface area contributed by atoms with Crippen LogP contribution >= 0.6 is 23.2 Å². The lowest BCUT2D eigenvalue weighted by molar-refractivity contribution is -0.127. The Hall–Kier alpha value is -3.84. The lowest BCUT2D eigenvalue weighted by atomic mass is 10.0. The Labute approximate surface area is 263 Å². The molecular weight excluding hydrogens is 581 g/mol. The average molecular weight is 617 g/mol. The van der Waals surface area contributed by atoms with Crippen LogP contribution in [0.4, 0.5) is 0 Å². The Morgan fingerprint density at radius 3 is 2.26 bits per heavy atom. The highest BCUT2D eigenvalue weighted by atomic mass is 35.5. The third-order valence-electron chi connectivity index (χ3n) is 7.47. The van der Waals surface area contributed by atoms with Crippen molar-refractivity contribution in [2.24, 2.45) is 0 Å². The summed E-state index contributed by atoms with van der Waals surface area (Å²) in [6, 6.07) is 23.5. The van der Waals surface area contributed by atoms with Crippen molar-refractivity contribution >= 4 is 34.7 Å². The monoisotopic (exact) mass is 615 g/mol. The van der Waals surface area contributed by atoms with Gasteiger partial charge in [-0.3, -0.25) is 9.69 Å². The molecule has 3 aromatic carbocycles. The molecule has 4 aromatic rings. The van der Waals surface area contributed by atoms with Crippen LogP contribution in [0.25, 0.3) is 5.57 Å². The van der Waals surface area contributed by atoms with Crippen LogP contribution in [-0.2, 0) is 17.9 Å². The first-order chi connectivity index (χ1) is 20.7. The van der Waals surface area contributed by atoms with Crippen LogP contribution in [0.5, 0.6) is 17.4 Å². The van der Waals surface area contributed by atoms with Crippen molar-refractivity contribution in [3.8, 4) is 17.4 Å². The van der Waals surface area contributed by atoms with Gasteiger partial charge in [0.05, 0.1) is 11.2 Å². The molecule has 0 spiro atoms. The van der Waals surface area contributed by atoms with E-state index >= 15 is 0 Å². The maximum Gasteiger partial charge on any atom is 0.246 e. The molecule has 0 N–H and O–H groups in total. The number of hydrogen-bond donors (Lipinski definition) is 0. The number of aryl methyl sites for hydroxylation is 2. The van der Waals surface area contributed by atoms with E-state index in [2.05, 4.69) is 28.9 Å². The first kappa shape index (κ1) is 30.6. The lowest BCUT2D eigenvalue weighted by Gasteiger charge is -2.34. The molecule has 0 radical (unpaired) electrons. The van der Waals surface area contributed by atoms with Crippen LogP contribution < -0.4 is 9.47 Å². The number of pyridine rings is 1. The summed E-state index contributed by atoms with van der Waals surface area (Å²) in [4.78, 5) is 21.7. The van der Waals surface area contributed by atoms with E-state index in [9.17, 15) is 4.79 Å². The second-order valence-electron chi connectivity index (χ2n) is 10.9. The third kappa shape index (κ3) is 8.38. The number of aromatic nitrogens is 1. The van der Waals surface area contributed by atoms with Gasteiger partial charge in [0.1, 0.15) is 12.4 Å². The van der Waals surface area contributed by atoms with E-state index in [4.69, 9.17) is 32.7 Å². The third-order valence-corrected chi connectivity index (χ3v) is 8.00. The smallest absolute Gasteiger partial charge is 0.246 e. The maximum absolute atomic E-state index is 13.1. The highest BCUT2D eigenvalue weighted by Crippen LogP contribution is 2.35. The zero-order valence-corrected chi connectivity index (χ0v) is 26.2. The van der Waals surface area contributed by atoms with Gasteiger partial charge in [-0.2, -0.15) is 0 Å². The minimum absolute atomic E-state index is 0.00614. The fourth-order valence-corrected chi connectivity index (χ4v) is 5.32. The summed E-state index contributed by atoms with van der Waals surface area (Å²) in [7, 11) is 0. The molecule has 1 saturated heterocycles. The van der Waals surface area contributed by atoms with Gasteiger partial charge < -0.3 is 14.4 Å². The number of piperazine rings is 1. The lowest BCUT2D eigenvalue weighted by Crippen LogP contribution is -2.47. The van der Waals surface area contributed by atoms with Gasteiger partial charge in [0, 0.05) is 49.9 Å². The van der Waals surface area contributed by atoms with E-state index in [1.54, 1.807) is 18.3 Å². The van der Waals surface area contributed by atoms with E-state index in [1.807, 2.05) is 73.3 Å². The highest BCUT2D eigenvalue weighted by Gasteiger charge is 2.20. The first-order valence-corrected chi connectivity index (χ1v) is 15.1. The largest absolute Gasteiger partial charge is 0.487 e. The van der Waals surface area contributed by atoms with Gasteiger partial charge in [-0.25, -0.2) is 4.98 Å². The Kier molecular flexibility index (Phi) is 10.0. The number of allylic oxidation sites excluding steroid dienone is 1. The van der Waals surface area contributed by atoms with Crippen LogP contribution in [0.15, 0.2) is 85.1 Å². The van der Waals surface area contributed by atoms with Crippen LogP contribution in [-0.4, -0.2) is 46.9 Å². The number of ether oxygens (including phenoxy) is 2. The number of carbonyl (C=O) groups excluding carboxylic acids is 1. The molecule has 43 heavy (non-hydrogen) atoms. The molecule has 6 nitrogen and oxygen atoms in total. The maximum atomic E-state index is 13.1. The molecule has 1 aromatic heterocycles. The SMILES string of the molecule is C/C(=C\C(=O)N1CCN(Cc2ccc(Cl)cc2)CC1)c1cc(C)c(Oc2ccc(OCc3ccc(C)cc3)cn2)c(Cl)c1. The summed E-state index contributed by atoms with van der Waals surface area (Å²) in [6.45, 7) is 10.2. The number of carbonyl (C=O) groups is 1. The van der Waals surface area contributed by atoms with E-state index in [-0.39, 0.29) is 5.91 Å². The molecule has 1 amide bonds. The molecule has 1 aliphatic rings. The second kappa shape index (κ2) is 14.1. The molecule has 0 atom stereocenters. The fraction of sp³-hybridized carbons (Fsp3) is 0.257. The van der Waals surface area contributed by atoms with Gasteiger partial charge in [-0.15, -0.1) is 0 Å². The van der Waals surface area contributed by atoms with Crippen LogP contribution in [0.2, 0.25) is 10.0 Å². The van der Waals surface area contributed by atoms with Crippen LogP contribution in [0.3, 0.4) is 0 Å². The Balaban J connectivity index is 1.15. The molecule has 1 fully saturated rings. The molecular formula is C35H35Cl2N3O3.